The lowest BCUT2D eigenvalue weighted by Crippen LogP contribution is -2.38. The molecule has 0 spiro atoms. The number of aryl methyl sites for hydroxylation is 1. The topological polar surface area (TPSA) is 41.5 Å². The number of aliphatic hydroxyl groups excluding tert-OH is 1. The predicted octanol–water partition coefficient (Wildman–Crippen LogP) is 0.983. The molecule has 1 aromatic carbocycles. The van der Waals surface area contributed by atoms with Gasteiger partial charge in [-0.2, -0.15) is 0 Å². The van der Waals surface area contributed by atoms with Gasteiger partial charge in [-0.15, -0.1) is 0 Å². The molecule has 0 saturated carbocycles. The third-order valence-corrected chi connectivity index (χ3v) is 2.92. The molecule has 1 aromatic rings. The number of benzene rings is 1. The molecular weight excluding hydrogens is 209 g/mol. The fourth-order valence-corrected chi connectivity index (χ4v) is 1.81. The van der Waals surface area contributed by atoms with Gasteiger partial charge in [-0.25, -0.2) is 4.39 Å². The van der Waals surface area contributed by atoms with Crippen molar-refractivity contribution in [3.8, 4) is 0 Å². The monoisotopic (exact) mass is 225 g/mol. The molecule has 1 saturated heterocycles. The third kappa shape index (κ3) is 2.58. The summed E-state index contributed by atoms with van der Waals surface area (Å²) in [5, 5.41) is 12.7. The molecule has 4 heteroatoms. The summed E-state index contributed by atoms with van der Waals surface area (Å²) < 4.78 is 18.1. The summed E-state index contributed by atoms with van der Waals surface area (Å²) in [5.74, 6) is -0.231. The minimum Gasteiger partial charge on any atom is -0.389 e. The van der Waals surface area contributed by atoms with Crippen LogP contribution in [0.1, 0.15) is 11.1 Å². The summed E-state index contributed by atoms with van der Waals surface area (Å²) in [5.41, 5.74) is 1.96. The molecule has 2 N–H and O–H groups in total. The second-order valence-corrected chi connectivity index (χ2v) is 4.16. The average Bonchev–Trinajstić information content (AvgIpc) is 2.66. The van der Waals surface area contributed by atoms with E-state index < -0.39 is 6.10 Å². The van der Waals surface area contributed by atoms with Crippen LogP contribution < -0.4 is 5.32 Å². The molecule has 0 radical (unpaired) electrons. The highest BCUT2D eigenvalue weighted by molar-refractivity contribution is 5.26. The van der Waals surface area contributed by atoms with Gasteiger partial charge in [0.1, 0.15) is 5.82 Å². The summed E-state index contributed by atoms with van der Waals surface area (Å²) in [7, 11) is 0. The number of nitrogens with one attached hydrogen (secondary N) is 1. The molecule has 1 fully saturated rings. The second kappa shape index (κ2) is 4.91. The number of aliphatic hydroxyl groups is 1. The Kier molecular flexibility index (Phi) is 3.53. The van der Waals surface area contributed by atoms with Crippen LogP contribution >= 0.6 is 0 Å². The van der Waals surface area contributed by atoms with Crippen LogP contribution in [0, 0.1) is 12.7 Å². The summed E-state index contributed by atoms with van der Waals surface area (Å²) >= 11 is 0. The van der Waals surface area contributed by atoms with Gasteiger partial charge in [0.15, 0.2) is 0 Å². The largest absolute Gasteiger partial charge is 0.389 e. The van der Waals surface area contributed by atoms with Gasteiger partial charge in [0.25, 0.3) is 0 Å². The molecule has 3 nitrogen and oxygen atoms in total. The summed E-state index contributed by atoms with van der Waals surface area (Å²) in [6, 6.07) is 4.67. The van der Waals surface area contributed by atoms with Crippen molar-refractivity contribution in [2.75, 3.05) is 13.2 Å². The first-order valence-electron chi connectivity index (χ1n) is 5.41. The fourth-order valence-electron chi connectivity index (χ4n) is 1.81. The lowest BCUT2D eigenvalue weighted by Gasteiger charge is -2.15. The highest BCUT2D eigenvalue weighted by Gasteiger charge is 2.25. The second-order valence-electron chi connectivity index (χ2n) is 4.16. The fraction of sp³-hybridized carbons (Fsp3) is 0.500. The lowest BCUT2D eigenvalue weighted by atomic mass is 10.1. The first-order valence-corrected chi connectivity index (χ1v) is 5.41. The Morgan fingerprint density at radius 2 is 2.31 bits per heavy atom. The highest BCUT2D eigenvalue weighted by atomic mass is 19.1. The Morgan fingerprint density at radius 1 is 1.50 bits per heavy atom. The molecular formula is C12H16FNO2. The van der Waals surface area contributed by atoms with Gasteiger partial charge in [0.05, 0.1) is 25.4 Å². The zero-order valence-corrected chi connectivity index (χ0v) is 9.24. The van der Waals surface area contributed by atoms with E-state index in [-0.39, 0.29) is 11.9 Å². The maximum Gasteiger partial charge on any atom is 0.123 e. The Balaban J connectivity index is 1.96. The molecule has 0 aliphatic carbocycles. The van der Waals surface area contributed by atoms with E-state index in [0.29, 0.717) is 19.8 Å². The molecule has 88 valence electrons. The van der Waals surface area contributed by atoms with Crippen LogP contribution in [0.4, 0.5) is 4.39 Å². The van der Waals surface area contributed by atoms with E-state index in [1.807, 2.05) is 6.92 Å². The normalized spacial score (nSPS) is 24.9. The molecule has 0 unspecified atom stereocenters. The van der Waals surface area contributed by atoms with Crippen LogP contribution in [0.2, 0.25) is 0 Å². The number of hydrogen-bond donors (Lipinski definition) is 2. The van der Waals surface area contributed by atoms with E-state index in [9.17, 15) is 9.50 Å². The van der Waals surface area contributed by atoms with Crippen molar-refractivity contribution < 1.29 is 14.2 Å². The van der Waals surface area contributed by atoms with Crippen molar-refractivity contribution in [2.24, 2.45) is 0 Å². The molecule has 2 rings (SSSR count). The zero-order valence-electron chi connectivity index (χ0n) is 9.24. The van der Waals surface area contributed by atoms with E-state index in [2.05, 4.69) is 5.32 Å². The summed E-state index contributed by atoms with van der Waals surface area (Å²) in [6.07, 6.45) is -0.464. The Labute approximate surface area is 94.2 Å². The quantitative estimate of drug-likeness (QED) is 0.806. The minimum absolute atomic E-state index is 0.0531. The van der Waals surface area contributed by atoms with Crippen LogP contribution in [-0.4, -0.2) is 30.5 Å². The molecule has 1 aliphatic heterocycles. The van der Waals surface area contributed by atoms with Crippen LogP contribution in [0.5, 0.6) is 0 Å². The van der Waals surface area contributed by atoms with Crippen LogP contribution in [0.3, 0.4) is 0 Å². The van der Waals surface area contributed by atoms with E-state index in [1.54, 1.807) is 6.07 Å². The molecule has 0 bridgehead atoms. The molecule has 0 amide bonds. The van der Waals surface area contributed by atoms with Crippen LogP contribution in [-0.2, 0) is 11.3 Å². The van der Waals surface area contributed by atoms with Gasteiger partial charge >= 0.3 is 0 Å². The molecule has 0 aromatic heterocycles. The SMILES string of the molecule is Cc1ccc(F)cc1CN[C@@H]1COC[C@@H]1O. The highest BCUT2D eigenvalue weighted by Crippen LogP contribution is 2.12. The van der Waals surface area contributed by atoms with Gasteiger partial charge in [-0.05, 0) is 30.2 Å². The first-order chi connectivity index (χ1) is 7.66. The number of ether oxygens (including phenoxy) is 1. The van der Waals surface area contributed by atoms with Crippen molar-refractivity contribution in [1.29, 1.82) is 0 Å². The minimum atomic E-state index is -0.464. The molecule has 16 heavy (non-hydrogen) atoms. The summed E-state index contributed by atoms with van der Waals surface area (Å²) in [6.45, 7) is 3.38. The smallest absolute Gasteiger partial charge is 0.123 e. The summed E-state index contributed by atoms with van der Waals surface area (Å²) in [4.78, 5) is 0. The Bertz CT molecular complexity index is 370. The molecule has 1 aliphatic rings. The maximum absolute atomic E-state index is 13.0. The van der Waals surface area contributed by atoms with Gasteiger partial charge in [-0.3, -0.25) is 0 Å². The van der Waals surface area contributed by atoms with Gasteiger partial charge in [0.2, 0.25) is 0 Å². The van der Waals surface area contributed by atoms with E-state index in [1.165, 1.54) is 12.1 Å². The van der Waals surface area contributed by atoms with Crippen molar-refractivity contribution >= 4 is 0 Å². The number of hydrogen-bond acceptors (Lipinski definition) is 3. The van der Waals surface area contributed by atoms with Crippen molar-refractivity contribution in [3.63, 3.8) is 0 Å². The van der Waals surface area contributed by atoms with Gasteiger partial charge < -0.3 is 15.2 Å². The number of rotatable bonds is 3. The molecule has 2 atom stereocenters. The zero-order chi connectivity index (χ0) is 11.5. The molecule has 1 heterocycles. The third-order valence-electron chi connectivity index (χ3n) is 2.92. The van der Waals surface area contributed by atoms with E-state index in [0.717, 1.165) is 11.1 Å². The van der Waals surface area contributed by atoms with Crippen molar-refractivity contribution in [3.05, 3.63) is 35.1 Å². The standard InChI is InChI=1S/C12H16FNO2/c1-8-2-3-10(13)4-9(8)5-14-11-6-16-7-12(11)15/h2-4,11-12,14-15H,5-7H2,1H3/t11-,12+/m1/s1. The van der Waals surface area contributed by atoms with Crippen molar-refractivity contribution in [2.45, 2.75) is 25.6 Å². The first kappa shape index (κ1) is 11.5. The maximum atomic E-state index is 13.0. The van der Waals surface area contributed by atoms with Gasteiger partial charge in [0, 0.05) is 6.54 Å². The lowest BCUT2D eigenvalue weighted by molar-refractivity contribution is 0.122. The Hall–Kier alpha value is -0.970. The van der Waals surface area contributed by atoms with Gasteiger partial charge in [-0.1, -0.05) is 6.07 Å². The van der Waals surface area contributed by atoms with E-state index >= 15 is 0 Å². The van der Waals surface area contributed by atoms with E-state index in [4.69, 9.17) is 4.74 Å². The average molecular weight is 225 g/mol. The predicted molar refractivity (Wildman–Crippen MR) is 58.6 cm³/mol. The Morgan fingerprint density at radius 3 is 3.00 bits per heavy atom. The van der Waals surface area contributed by atoms with Crippen molar-refractivity contribution in [1.82, 2.24) is 5.32 Å². The van der Waals surface area contributed by atoms with Crippen LogP contribution in [0.15, 0.2) is 18.2 Å². The van der Waals surface area contributed by atoms with Crippen LogP contribution in [0.25, 0.3) is 0 Å². The number of halogens is 1.